The summed E-state index contributed by atoms with van der Waals surface area (Å²) in [5.74, 6) is 0.529. The first-order valence-corrected chi connectivity index (χ1v) is 10.4. The van der Waals surface area contributed by atoms with E-state index >= 15 is 0 Å². The van der Waals surface area contributed by atoms with E-state index in [1.165, 1.54) is 23.6 Å². The Morgan fingerprint density at radius 3 is 2.60 bits per heavy atom. The van der Waals surface area contributed by atoms with Crippen LogP contribution >= 0.6 is 11.3 Å². The third kappa shape index (κ3) is 4.54. The number of thiophene rings is 1. The van der Waals surface area contributed by atoms with Crippen LogP contribution in [0.1, 0.15) is 33.8 Å². The molecule has 10 heteroatoms. The second-order valence-corrected chi connectivity index (χ2v) is 8.09. The van der Waals surface area contributed by atoms with Gasteiger partial charge in [-0.15, -0.1) is 11.3 Å². The molecule has 158 valence electrons. The highest BCUT2D eigenvalue weighted by Crippen LogP contribution is 2.28. The molecule has 1 aliphatic rings. The molecule has 30 heavy (non-hydrogen) atoms. The van der Waals surface area contributed by atoms with Crippen molar-refractivity contribution < 1.29 is 18.0 Å². The number of piperidine rings is 1. The molecule has 1 aliphatic heterocycles. The molecule has 1 saturated heterocycles. The van der Waals surface area contributed by atoms with Crippen LogP contribution in [0.5, 0.6) is 0 Å². The van der Waals surface area contributed by atoms with E-state index in [4.69, 9.17) is 0 Å². The summed E-state index contributed by atoms with van der Waals surface area (Å²) in [4.78, 5) is 21.2. The van der Waals surface area contributed by atoms with E-state index in [0.717, 1.165) is 37.6 Å². The summed E-state index contributed by atoms with van der Waals surface area (Å²) in [6.07, 6.45) is 0.0415. The van der Waals surface area contributed by atoms with Crippen LogP contribution < -0.4 is 4.90 Å². The number of hydrogen-bond acceptors (Lipinski definition) is 5. The number of nitrogens with zero attached hydrogens (tertiary/aromatic N) is 4. The number of aromatic amines is 1. The molecule has 0 aliphatic carbocycles. The molecule has 1 fully saturated rings. The van der Waals surface area contributed by atoms with Crippen molar-refractivity contribution in [2.75, 3.05) is 18.0 Å². The van der Waals surface area contributed by atoms with Gasteiger partial charge in [-0.25, -0.2) is 0 Å². The van der Waals surface area contributed by atoms with Crippen molar-refractivity contribution in [2.45, 2.75) is 31.6 Å². The minimum absolute atomic E-state index is 0.00452. The molecule has 6 nitrogen and oxygen atoms in total. The van der Waals surface area contributed by atoms with E-state index < -0.39 is 11.9 Å². The lowest BCUT2D eigenvalue weighted by Crippen LogP contribution is -2.47. The van der Waals surface area contributed by atoms with Crippen molar-refractivity contribution in [3.8, 4) is 0 Å². The Morgan fingerprint density at radius 2 is 2.03 bits per heavy atom. The van der Waals surface area contributed by atoms with Crippen LogP contribution in [0.4, 0.5) is 19.0 Å². The molecule has 1 N–H and O–H groups in total. The largest absolute Gasteiger partial charge is 0.433 e. The van der Waals surface area contributed by atoms with Crippen molar-refractivity contribution in [3.63, 3.8) is 0 Å². The third-order valence-corrected chi connectivity index (χ3v) is 5.99. The fourth-order valence-corrected chi connectivity index (χ4v) is 4.30. The first-order valence-electron chi connectivity index (χ1n) is 9.53. The highest BCUT2D eigenvalue weighted by molar-refractivity contribution is 7.12. The summed E-state index contributed by atoms with van der Waals surface area (Å²) in [6, 6.07) is 7.93. The standard InChI is InChI=1S/C20H20F3N5OS/c21-20(22,23)17-4-3-14(12-24-17)13-27-9-6-15(7-10-27)28(18-5-8-25-26-18)19(29)16-2-1-11-30-16/h1-5,8,11-12,15H,6-7,9-10,13H2,(H,25,26). The fraction of sp³-hybridized carbons (Fsp3) is 0.350. The van der Waals surface area contributed by atoms with Crippen LogP contribution in [-0.2, 0) is 12.7 Å². The van der Waals surface area contributed by atoms with E-state index in [1.807, 2.05) is 11.4 Å². The predicted molar refractivity (Wildman–Crippen MR) is 107 cm³/mol. The maximum Gasteiger partial charge on any atom is 0.433 e. The maximum atomic E-state index is 13.1. The van der Waals surface area contributed by atoms with Crippen molar-refractivity contribution in [1.29, 1.82) is 0 Å². The number of aromatic nitrogens is 3. The zero-order valence-electron chi connectivity index (χ0n) is 16.0. The highest BCUT2D eigenvalue weighted by Gasteiger charge is 2.33. The number of halogens is 3. The Hall–Kier alpha value is -2.72. The normalized spacial score (nSPS) is 16.0. The van der Waals surface area contributed by atoms with E-state index in [1.54, 1.807) is 23.2 Å². The second kappa shape index (κ2) is 8.57. The van der Waals surface area contributed by atoms with E-state index in [9.17, 15) is 18.0 Å². The summed E-state index contributed by atoms with van der Waals surface area (Å²) in [7, 11) is 0. The number of carbonyl (C=O) groups excluding carboxylic acids is 1. The number of amides is 1. The molecule has 4 heterocycles. The molecule has 3 aromatic heterocycles. The quantitative estimate of drug-likeness (QED) is 0.653. The van der Waals surface area contributed by atoms with Gasteiger partial charge in [0.25, 0.3) is 5.91 Å². The molecular weight excluding hydrogens is 415 g/mol. The van der Waals surface area contributed by atoms with Gasteiger partial charge in [0.1, 0.15) is 5.69 Å². The molecule has 0 spiro atoms. The lowest BCUT2D eigenvalue weighted by Gasteiger charge is -2.37. The number of hydrogen-bond donors (Lipinski definition) is 1. The van der Waals surface area contributed by atoms with Crippen LogP contribution in [0.15, 0.2) is 48.1 Å². The van der Waals surface area contributed by atoms with Gasteiger partial charge in [-0.05, 0) is 35.9 Å². The average molecular weight is 435 g/mol. The number of H-pyrrole nitrogens is 1. The lowest BCUT2D eigenvalue weighted by molar-refractivity contribution is -0.141. The number of carbonyl (C=O) groups is 1. The van der Waals surface area contributed by atoms with Crippen molar-refractivity contribution in [1.82, 2.24) is 20.1 Å². The average Bonchev–Trinajstić information content (AvgIpc) is 3.44. The van der Waals surface area contributed by atoms with E-state index in [0.29, 0.717) is 17.2 Å². The zero-order valence-corrected chi connectivity index (χ0v) is 16.8. The van der Waals surface area contributed by atoms with Gasteiger partial charge in [-0.1, -0.05) is 12.1 Å². The number of nitrogens with one attached hydrogen (secondary N) is 1. The molecule has 0 unspecified atom stereocenters. The van der Waals surface area contributed by atoms with Gasteiger partial charge >= 0.3 is 6.18 Å². The van der Waals surface area contributed by atoms with Gasteiger partial charge in [0.15, 0.2) is 5.82 Å². The van der Waals surface area contributed by atoms with Crippen LogP contribution in [0.2, 0.25) is 0 Å². The number of rotatable bonds is 5. The molecular formula is C20H20F3N5OS. The Morgan fingerprint density at radius 1 is 1.23 bits per heavy atom. The Labute approximate surface area is 175 Å². The first kappa shape index (κ1) is 20.5. The summed E-state index contributed by atoms with van der Waals surface area (Å²) < 4.78 is 38.0. The van der Waals surface area contributed by atoms with Gasteiger partial charge in [-0.2, -0.15) is 18.3 Å². The zero-order chi connectivity index (χ0) is 21.1. The molecule has 0 aromatic carbocycles. The number of anilines is 1. The van der Waals surface area contributed by atoms with Gasteiger partial charge in [-0.3, -0.25) is 24.7 Å². The molecule has 1 amide bonds. The predicted octanol–water partition coefficient (Wildman–Crippen LogP) is 4.20. The van der Waals surface area contributed by atoms with Gasteiger partial charge < -0.3 is 0 Å². The van der Waals surface area contributed by atoms with Crippen LogP contribution in [-0.4, -0.2) is 45.1 Å². The second-order valence-electron chi connectivity index (χ2n) is 7.14. The Kier molecular flexibility index (Phi) is 5.87. The third-order valence-electron chi connectivity index (χ3n) is 5.13. The molecule has 3 aromatic rings. The smallest absolute Gasteiger partial charge is 0.299 e. The summed E-state index contributed by atoms with van der Waals surface area (Å²) >= 11 is 1.40. The summed E-state index contributed by atoms with van der Waals surface area (Å²) in [5.41, 5.74) is -0.146. The number of pyridine rings is 1. The molecule has 0 bridgehead atoms. The van der Waals surface area contributed by atoms with Crippen LogP contribution in [0.25, 0.3) is 0 Å². The van der Waals surface area contributed by atoms with Crippen molar-refractivity contribution in [3.05, 3.63) is 64.2 Å². The van der Waals surface area contributed by atoms with E-state index in [2.05, 4.69) is 20.1 Å². The fourth-order valence-electron chi connectivity index (χ4n) is 3.64. The Bertz CT molecular complexity index is 950. The first-order chi connectivity index (χ1) is 14.4. The van der Waals surface area contributed by atoms with Crippen molar-refractivity contribution >= 4 is 23.1 Å². The molecule has 0 radical (unpaired) electrons. The van der Waals surface area contributed by atoms with Gasteiger partial charge in [0.2, 0.25) is 0 Å². The monoisotopic (exact) mass is 435 g/mol. The minimum atomic E-state index is -4.43. The number of alkyl halides is 3. The minimum Gasteiger partial charge on any atom is -0.299 e. The SMILES string of the molecule is O=C(c1cccs1)N(c1cc[nH]n1)C1CCN(Cc2ccc(C(F)(F)F)nc2)CC1. The summed E-state index contributed by atoms with van der Waals surface area (Å²) in [5, 5.41) is 8.85. The Balaban J connectivity index is 1.40. The summed E-state index contributed by atoms with van der Waals surface area (Å²) in [6.45, 7) is 1.98. The van der Waals surface area contributed by atoms with Gasteiger partial charge in [0, 0.05) is 44.1 Å². The molecule has 0 atom stereocenters. The van der Waals surface area contributed by atoms with Crippen LogP contribution in [0.3, 0.4) is 0 Å². The highest BCUT2D eigenvalue weighted by atomic mass is 32.1. The van der Waals surface area contributed by atoms with Crippen LogP contribution in [0, 0.1) is 0 Å². The maximum absolute atomic E-state index is 13.1. The molecule has 0 saturated carbocycles. The topological polar surface area (TPSA) is 65.1 Å². The molecule has 4 rings (SSSR count). The van der Waals surface area contributed by atoms with Crippen molar-refractivity contribution in [2.24, 2.45) is 0 Å². The number of likely N-dealkylation sites (tertiary alicyclic amines) is 1. The lowest BCUT2D eigenvalue weighted by atomic mass is 10.0. The van der Waals surface area contributed by atoms with E-state index in [-0.39, 0.29) is 11.9 Å². The van der Waals surface area contributed by atoms with Gasteiger partial charge in [0.05, 0.1) is 4.88 Å².